The van der Waals surface area contributed by atoms with Crippen molar-refractivity contribution in [2.24, 2.45) is 0 Å². The lowest BCUT2D eigenvalue weighted by molar-refractivity contribution is 0.414. The maximum absolute atomic E-state index is 6.21. The van der Waals surface area contributed by atoms with E-state index in [0.717, 1.165) is 29.2 Å². The summed E-state index contributed by atoms with van der Waals surface area (Å²) >= 11 is 15.9. The maximum atomic E-state index is 6.21. The highest BCUT2D eigenvalue weighted by Gasteiger charge is 2.12. The van der Waals surface area contributed by atoms with Crippen molar-refractivity contribution in [3.8, 4) is 5.75 Å². The number of halogens is 3. The zero-order chi connectivity index (χ0) is 14.5. The second-order valence-electron chi connectivity index (χ2n) is 4.52. The Balaban J connectivity index is 2.00. The molecule has 2 aromatic carbocycles. The van der Waals surface area contributed by atoms with E-state index in [1.54, 1.807) is 13.2 Å². The normalized spacial score (nSPS) is 12.2. The molecule has 0 N–H and O–H groups in total. The number of rotatable bonds is 5. The van der Waals surface area contributed by atoms with Gasteiger partial charge in [-0.05, 0) is 54.3 Å². The van der Waals surface area contributed by atoms with Crippen molar-refractivity contribution in [3.05, 3.63) is 63.6 Å². The highest BCUT2D eigenvalue weighted by molar-refractivity contribution is 9.09. The van der Waals surface area contributed by atoms with E-state index in [1.165, 1.54) is 5.56 Å². The van der Waals surface area contributed by atoms with Gasteiger partial charge < -0.3 is 4.74 Å². The quantitative estimate of drug-likeness (QED) is 0.577. The molecular weight excluding hydrogens is 359 g/mol. The lowest BCUT2D eigenvalue weighted by Crippen LogP contribution is -1.95. The highest BCUT2D eigenvalue weighted by Crippen LogP contribution is 2.34. The minimum Gasteiger partial charge on any atom is -0.497 e. The van der Waals surface area contributed by atoms with Gasteiger partial charge in [-0.15, -0.1) is 0 Å². The molecule has 0 heterocycles. The van der Waals surface area contributed by atoms with Crippen molar-refractivity contribution in [3.63, 3.8) is 0 Å². The molecule has 1 atom stereocenters. The lowest BCUT2D eigenvalue weighted by Gasteiger charge is -2.12. The van der Waals surface area contributed by atoms with Crippen molar-refractivity contribution in [1.82, 2.24) is 0 Å². The first kappa shape index (κ1) is 15.7. The smallest absolute Gasteiger partial charge is 0.118 e. The van der Waals surface area contributed by atoms with E-state index in [2.05, 4.69) is 28.1 Å². The van der Waals surface area contributed by atoms with Crippen LogP contribution in [0.2, 0.25) is 10.0 Å². The standard InChI is InChI=1S/C16H15BrCl2O/c1-20-13-6-2-11(3-7-13)4-8-15(17)14-10-12(18)5-9-16(14)19/h2-3,5-7,9-10,15H,4,8H2,1H3. The van der Waals surface area contributed by atoms with E-state index in [-0.39, 0.29) is 4.83 Å². The van der Waals surface area contributed by atoms with Crippen LogP contribution < -0.4 is 4.74 Å². The number of hydrogen-bond acceptors (Lipinski definition) is 1. The largest absolute Gasteiger partial charge is 0.497 e. The molecule has 2 rings (SSSR count). The number of methoxy groups -OCH3 is 1. The summed E-state index contributed by atoms with van der Waals surface area (Å²) in [5.41, 5.74) is 2.31. The van der Waals surface area contributed by atoms with Gasteiger partial charge in [-0.3, -0.25) is 0 Å². The third kappa shape index (κ3) is 4.15. The predicted octanol–water partition coefficient (Wildman–Crippen LogP) is 6.07. The summed E-state index contributed by atoms with van der Waals surface area (Å²) in [4.78, 5) is 0.191. The molecular formula is C16H15BrCl2O. The number of hydrogen-bond donors (Lipinski definition) is 0. The van der Waals surface area contributed by atoms with Gasteiger partial charge in [0, 0.05) is 14.9 Å². The SMILES string of the molecule is COc1ccc(CCC(Br)c2cc(Cl)ccc2Cl)cc1. The summed E-state index contributed by atoms with van der Waals surface area (Å²) < 4.78 is 5.15. The van der Waals surface area contributed by atoms with Crippen LogP contribution in [0.3, 0.4) is 0 Å². The van der Waals surface area contributed by atoms with Crippen LogP contribution in [-0.2, 0) is 6.42 Å². The van der Waals surface area contributed by atoms with Crippen molar-refractivity contribution in [1.29, 1.82) is 0 Å². The molecule has 2 aromatic rings. The number of benzene rings is 2. The molecule has 0 aliphatic heterocycles. The van der Waals surface area contributed by atoms with Crippen LogP contribution in [-0.4, -0.2) is 7.11 Å². The molecule has 0 aromatic heterocycles. The number of ether oxygens (including phenoxy) is 1. The van der Waals surface area contributed by atoms with Crippen LogP contribution in [0.4, 0.5) is 0 Å². The second kappa shape index (κ2) is 7.35. The van der Waals surface area contributed by atoms with Crippen LogP contribution in [0.25, 0.3) is 0 Å². The van der Waals surface area contributed by atoms with Gasteiger partial charge in [-0.25, -0.2) is 0 Å². The van der Waals surface area contributed by atoms with Gasteiger partial charge in [0.2, 0.25) is 0 Å². The van der Waals surface area contributed by atoms with Gasteiger partial charge in [-0.2, -0.15) is 0 Å². The molecule has 0 aliphatic rings. The molecule has 0 fully saturated rings. The molecule has 106 valence electrons. The molecule has 0 saturated carbocycles. The minimum absolute atomic E-state index is 0.191. The monoisotopic (exact) mass is 372 g/mol. The van der Waals surface area contributed by atoms with E-state index in [0.29, 0.717) is 5.02 Å². The van der Waals surface area contributed by atoms with Gasteiger partial charge in [0.25, 0.3) is 0 Å². The maximum Gasteiger partial charge on any atom is 0.118 e. The first-order valence-corrected chi connectivity index (χ1v) is 7.99. The molecule has 0 amide bonds. The van der Waals surface area contributed by atoms with Gasteiger partial charge in [0.1, 0.15) is 5.75 Å². The zero-order valence-electron chi connectivity index (χ0n) is 11.1. The predicted molar refractivity (Wildman–Crippen MR) is 89.4 cm³/mol. The Labute approximate surface area is 138 Å². The average molecular weight is 374 g/mol. The molecule has 0 spiro atoms. The molecule has 4 heteroatoms. The van der Waals surface area contributed by atoms with Crippen LogP contribution in [0.15, 0.2) is 42.5 Å². The van der Waals surface area contributed by atoms with Gasteiger partial charge in [-0.1, -0.05) is 51.3 Å². The summed E-state index contributed by atoms with van der Waals surface area (Å²) in [6, 6.07) is 13.7. The molecule has 20 heavy (non-hydrogen) atoms. The summed E-state index contributed by atoms with van der Waals surface area (Å²) in [6.07, 6.45) is 1.91. The fourth-order valence-corrected chi connectivity index (χ4v) is 3.17. The van der Waals surface area contributed by atoms with Gasteiger partial charge in [0.05, 0.1) is 7.11 Å². The Morgan fingerprint density at radius 3 is 2.45 bits per heavy atom. The fraction of sp³-hybridized carbons (Fsp3) is 0.250. The molecule has 0 aliphatic carbocycles. The average Bonchev–Trinajstić information content (AvgIpc) is 2.47. The van der Waals surface area contributed by atoms with Gasteiger partial charge >= 0.3 is 0 Å². The van der Waals surface area contributed by atoms with E-state index >= 15 is 0 Å². The first-order valence-electron chi connectivity index (χ1n) is 6.32. The van der Waals surface area contributed by atoms with E-state index in [1.807, 2.05) is 24.3 Å². The van der Waals surface area contributed by atoms with Crippen LogP contribution in [0.1, 0.15) is 22.4 Å². The lowest BCUT2D eigenvalue weighted by atomic mass is 10.0. The molecule has 0 bridgehead atoms. The second-order valence-corrected chi connectivity index (χ2v) is 6.47. The summed E-state index contributed by atoms with van der Waals surface area (Å²) in [5.74, 6) is 0.877. The van der Waals surface area contributed by atoms with Crippen molar-refractivity contribution in [2.45, 2.75) is 17.7 Å². The Hall–Kier alpha value is -0.700. The van der Waals surface area contributed by atoms with E-state index in [9.17, 15) is 0 Å². The Morgan fingerprint density at radius 1 is 1.10 bits per heavy atom. The first-order chi connectivity index (χ1) is 9.60. The Kier molecular flexibility index (Phi) is 5.76. The number of aryl methyl sites for hydroxylation is 1. The zero-order valence-corrected chi connectivity index (χ0v) is 14.2. The molecule has 0 saturated heterocycles. The summed E-state index contributed by atoms with van der Waals surface area (Å²) in [5, 5.41) is 1.45. The fourth-order valence-electron chi connectivity index (χ4n) is 2.00. The van der Waals surface area contributed by atoms with Crippen molar-refractivity contribution in [2.75, 3.05) is 7.11 Å². The summed E-state index contributed by atoms with van der Waals surface area (Å²) in [6.45, 7) is 0. The van der Waals surface area contributed by atoms with Crippen molar-refractivity contribution < 1.29 is 4.74 Å². The molecule has 0 radical (unpaired) electrons. The summed E-state index contributed by atoms with van der Waals surface area (Å²) in [7, 11) is 1.67. The van der Waals surface area contributed by atoms with E-state index < -0.39 is 0 Å². The van der Waals surface area contributed by atoms with Crippen molar-refractivity contribution >= 4 is 39.1 Å². The van der Waals surface area contributed by atoms with Crippen LogP contribution in [0.5, 0.6) is 5.75 Å². The van der Waals surface area contributed by atoms with E-state index in [4.69, 9.17) is 27.9 Å². The molecule has 1 nitrogen and oxygen atoms in total. The number of alkyl halides is 1. The van der Waals surface area contributed by atoms with Crippen LogP contribution in [0, 0.1) is 0 Å². The van der Waals surface area contributed by atoms with Crippen LogP contribution >= 0.6 is 39.1 Å². The third-order valence-electron chi connectivity index (χ3n) is 3.14. The Bertz CT molecular complexity index is 569. The third-order valence-corrected chi connectivity index (χ3v) is 4.67. The highest BCUT2D eigenvalue weighted by atomic mass is 79.9. The molecule has 1 unspecified atom stereocenters. The topological polar surface area (TPSA) is 9.23 Å². The minimum atomic E-state index is 0.191. The van der Waals surface area contributed by atoms with Gasteiger partial charge in [0.15, 0.2) is 0 Å². The Morgan fingerprint density at radius 2 is 1.80 bits per heavy atom.